The van der Waals surface area contributed by atoms with Crippen LogP contribution in [0.4, 0.5) is 4.79 Å². The number of likely N-dealkylation sites (N-methyl/N-ethyl adjacent to an activating group) is 1. The maximum absolute atomic E-state index is 12.1. The molecule has 2 N–H and O–H groups in total. The largest absolute Gasteiger partial charge is 0.395 e. The molecule has 0 spiro atoms. The molecule has 1 aliphatic carbocycles. The summed E-state index contributed by atoms with van der Waals surface area (Å²) in [7, 11) is 0. The number of carbonyl (C=O) groups excluding carboxylic acids is 2. The molecule has 0 aromatic rings. The Morgan fingerprint density at radius 3 is 2.64 bits per heavy atom. The molecule has 6 nitrogen and oxygen atoms in total. The van der Waals surface area contributed by atoms with Gasteiger partial charge in [-0.3, -0.25) is 0 Å². The van der Waals surface area contributed by atoms with Gasteiger partial charge in [0, 0.05) is 19.6 Å². The number of rotatable bonds is 6. The van der Waals surface area contributed by atoms with Crippen LogP contribution >= 0.6 is 0 Å². The summed E-state index contributed by atoms with van der Waals surface area (Å²) in [5.74, 6) is 0. The van der Waals surface area contributed by atoms with Gasteiger partial charge < -0.3 is 15.3 Å². The lowest BCUT2D eigenvalue weighted by molar-refractivity contribution is 0.0828. The first-order chi connectivity index (χ1) is 10.2. The molecule has 0 aliphatic heterocycles. The number of nitrogens with zero attached hydrogens (tertiary/aromatic N) is 2. The Morgan fingerprint density at radius 1 is 1.41 bits per heavy atom. The third-order valence-electron chi connectivity index (χ3n) is 4.36. The van der Waals surface area contributed by atoms with Crippen LogP contribution in [0.3, 0.4) is 0 Å². The van der Waals surface area contributed by atoms with E-state index in [-0.39, 0.29) is 29.5 Å². The number of hydrogen-bond acceptors (Lipinski definition) is 4. The summed E-state index contributed by atoms with van der Waals surface area (Å²) in [6.45, 7) is 9.76. The molecule has 0 aromatic carbocycles. The van der Waals surface area contributed by atoms with Crippen LogP contribution in [0.5, 0.6) is 0 Å². The van der Waals surface area contributed by atoms with Crippen molar-refractivity contribution in [2.75, 3.05) is 26.2 Å². The second-order valence-electron chi connectivity index (χ2n) is 7.40. The lowest BCUT2D eigenvalue weighted by Crippen LogP contribution is -2.48. The van der Waals surface area contributed by atoms with E-state index < -0.39 is 0 Å². The average Bonchev–Trinajstić information content (AvgIpc) is 2.40. The summed E-state index contributed by atoms with van der Waals surface area (Å²) in [5.41, 5.74) is -0.0145. The third kappa shape index (κ3) is 5.43. The molecule has 2 atom stereocenters. The smallest absolute Gasteiger partial charge is 0.317 e. The molecule has 6 heteroatoms. The van der Waals surface area contributed by atoms with Gasteiger partial charge >= 0.3 is 6.03 Å². The summed E-state index contributed by atoms with van der Waals surface area (Å²) in [5, 5.41) is 11.9. The maximum Gasteiger partial charge on any atom is 0.317 e. The molecule has 2 amide bonds. The van der Waals surface area contributed by atoms with Gasteiger partial charge in [0.2, 0.25) is 6.08 Å². The maximum atomic E-state index is 12.1. The molecular formula is C16H29N3O3. The van der Waals surface area contributed by atoms with Crippen molar-refractivity contribution in [1.29, 1.82) is 0 Å². The Morgan fingerprint density at radius 2 is 2.09 bits per heavy atom. The predicted octanol–water partition coefficient (Wildman–Crippen LogP) is 1.93. The first-order valence-corrected chi connectivity index (χ1v) is 7.96. The molecule has 0 aromatic heterocycles. The van der Waals surface area contributed by atoms with Gasteiger partial charge in [-0.2, -0.15) is 0 Å². The van der Waals surface area contributed by atoms with Gasteiger partial charge in [-0.25, -0.2) is 14.6 Å². The Labute approximate surface area is 133 Å². The molecule has 22 heavy (non-hydrogen) atoms. The van der Waals surface area contributed by atoms with Crippen molar-refractivity contribution in [3.05, 3.63) is 0 Å². The molecule has 1 fully saturated rings. The quantitative estimate of drug-likeness (QED) is 0.581. The van der Waals surface area contributed by atoms with E-state index in [2.05, 4.69) is 31.1 Å². The van der Waals surface area contributed by atoms with E-state index in [1.165, 1.54) is 0 Å². The number of aliphatic hydroxyl groups excluding tert-OH is 1. The summed E-state index contributed by atoms with van der Waals surface area (Å²) in [6.07, 6.45) is 4.29. The minimum absolute atomic E-state index is 0.0251. The highest BCUT2D eigenvalue weighted by atomic mass is 16.3. The van der Waals surface area contributed by atoms with Gasteiger partial charge in [-0.15, -0.1) is 0 Å². The second kappa shape index (κ2) is 7.75. The summed E-state index contributed by atoms with van der Waals surface area (Å²) in [6, 6.07) is -0.181. The van der Waals surface area contributed by atoms with Crippen LogP contribution < -0.4 is 5.32 Å². The fourth-order valence-electron chi connectivity index (χ4n) is 3.80. The fourth-order valence-corrected chi connectivity index (χ4v) is 3.80. The van der Waals surface area contributed by atoms with E-state index in [1.807, 2.05) is 6.92 Å². The molecule has 1 rings (SSSR count). The summed E-state index contributed by atoms with van der Waals surface area (Å²) < 4.78 is 0. The van der Waals surface area contributed by atoms with Crippen LogP contribution in [0.15, 0.2) is 4.99 Å². The van der Waals surface area contributed by atoms with E-state index in [4.69, 9.17) is 5.11 Å². The Kier molecular flexibility index (Phi) is 6.57. The monoisotopic (exact) mass is 311 g/mol. The van der Waals surface area contributed by atoms with E-state index >= 15 is 0 Å². The highest BCUT2D eigenvalue weighted by Crippen LogP contribution is 2.46. The summed E-state index contributed by atoms with van der Waals surface area (Å²) in [4.78, 5) is 28.2. The predicted molar refractivity (Wildman–Crippen MR) is 85.4 cm³/mol. The highest BCUT2D eigenvalue weighted by molar-refractivity contribution is 5.74. The SMILES string of the molecule is CCN(CCO)C(=O)NCC1(C)CC(N=C=O)CC(C)(C)C1. The van der Waals surface area contributed by atoms with Gasteiger partial charge in [0.25, 0.3) is 0 Å². The van der Waals surface area contributed by atoms with Gasteiger partial charge in [-0.05, 0) is 37.0 Å². The standard InChI is InChI=1S/C16H29N3O3/c1-5-19(6-7-20)14(22)17-11-16(4)9-13(18-12-21)8-15(2,3)10-16/h13,20H,5-11H2,1-4H3,(H,17,22). The van der Waals surface area contributed by atoms with Crippen molar-refractivity contribution < 1.29 is 14.7 Å². The van der Waals surface area contributed by atoms with Crippen LogP contribution in [0.1, 0.15) is 47.0 Å². The number of carbonyl (C=O) groups is 1. The molecule has 126 valence electrons. The van der Waals surface area contributed by atoms with Gasteiger partial charge in [-0.1, -0.05) is 20.8 Å². The molecule has 1 saturated carbocycles. The minimum Gasteiger partial charge on any atom is -0.395 e. The van der Waals surface area contributed by atoms with Crippen molar-refractivity contribution in [3.63, 3.8) is 0 Å². The molecular weight excluding hydrogens is 282 g/mol. The zero-order valence-corrected chi connectivity index (χ0v) is 14.2. The third-order valence-corrected chi connectivity index (χ3v) is 4.36. The fraction of sp³-hybridized carbons (Fsp3) is 0.875. The second-order valence-corrected chi connectivity index (χ2v) is 7.40. The van der Waals surface area contributed by atoms with Gasteiger partial charge in [0.1, 0.15) is 0 Å². The van der Waals surface area contributed by atoms with E-state index in [0.29, 0.717) is 19.6 Å². The van der Waals surface area contributed by atoms with E-state index in [1.54, 1.807) is 11.0 Å². The molecule has 0 saturated heterocycles. The zero-order valence-electron chi connectivity index (χ0n) is 14.2. The Balaban J connectivity index is 2.69. The number of aliphatic imine (C=N–C) groups is 1. The Hall–Kier alpha value is -1.39. The van der Waals surface area contributed by atoms with Crippen molar-refractivity contribution in [2.45, 2.75) is 53.0 Å². The number of isocyanates is 1. The van der Waals surface area contributed by atoms with Crippen molar-refractivity contribution in [1.82, 2.24) is 10.2 Å². The zero-order chi connectivity index (χ0) is 16.8. The number of urea groups is 1. The first kappa shape index (κ1) is 18.7. The topological polar surface area (TPSA) is 82.0 Å². The van der Waals surface area contributed by atoms with Gasteiger partial charge in [0.05, 0.1) is 12.6 Å². The lowest BCUT2D eigenvalue weighted by Gasteiger charge is -2.45. The molecule has 2 unspecified atom stereocenters. The molecule has 0 bridgehead atoms. The lowest BCUT2D eigenvalue weighted by atomic mass is 9.63. The number of aliphatic hydroxyl groups is 1. The van der Waals surface area contributed by atoms with Crippen LogP contribution in [-0.4, -0.2) is 54.4 Å². The minimum atomic E-state index is -0.156. The van der Waals surface area contributed by atoms with E-state index in [0.717, 1.165) is 19.3 Å². The van der Waals surface area contributed by atoms with Crippen LogP contribution in [0.2, 0.25) is 0 Å². The van der Waals surface area contributed by atoms with E-state index in [9.17, 15) is 9.59 Å². The van der Waals surface area contributed by atoms with Crippen molar-refractivity contribution in [3.8, 4) is 0 Å². The average molecular weight is 311 g/mol. The highest BCUT2D eigenvalue weighted by Gasteiger charge is 2.41. The number of amides is 2. The molecule has 1 aliphatic rings. The molecule has 0 heterocycles. The van der Waals surface area contributed by atoms with Crippen LogP contribution in [-0.2, 0) is 4.79 Å². The van der Waals surface area contributed by atoms with Gasteiger partial charge in [0.15, 0.2) is 0 Å². The van der Waals surface area contributed by atoms with Crippen LogP contribution in [0.25, 0.3) is 0 Å². The number of hydrogen-bond donors (Lipinski definition) is 2. The first-order valence-electron chi connectivity index (χ1n) is 7.96. The Bertz CT molecular complexity index is 432. The van der Waals surface area contributed by atoms with Crippen molar-refractivity contribution >= 4 is 12.1 Å². The van der Waals surface area contributed by atoms with Crippen molar-refractivity contribution in [2.24, 2.45) is 15.8 Å². The molecule has 0 radical (unpaired) electrons. The normalized spacial score (nSPS) is 26.9. The van der Waals surface area contributed by atoms with Crippen LogP contribution in [0, 0.1) is 10.8 Å². The summed E-state index contributed by atoms with van der Waals surface area (Å²) >= 11 is 0. The number of nitrogens with one attached hydrogen (secondary N) is 1.